The highest BCUT2D eigenvalue weighted by atomic mass is 79.9. The highest BCUT2D eigenvalue weighted by molar-refractivity contribution is 9.10. The van der Waals surface area contributed by atoms with Crippen molar-refractivity contribution >= 4 is 27.5 Å². The van der Waals surface area contributed by atoms with Crippen molar-refractivity contribution < 1.29 is 9.18 Å². The van der Waals surface area contributed by atoms with Crippen LogP contribution in [0.15, 0.2) is 22.7 Å². The van der Waals surface area contributed by atoms with E-state index >= 15 is 0 Å². The molecule has 2 rings (SSSR count). The summed E-state index contributed by atoms with van der Waals surface area (Å²) in [5.74, 6) is -0.606. The van der Waals surface area contributed by atoms with Gasteiger partial charge in [-0.3, -0.25) is 4.79 Å². The summed E-state index contributed by atoms with van der Waals surface area (Å²) in [6.07, 6.45) is 2.86. The third-order valence-corrected chi connectivity index (χ3v) is 3.79. The molecule has 1 aliphatic heterocycles. The van der Waals surface area contributed by atoms with Crippen LogP contribution in [0.25, 0.3) is 0 Å². The van der Waals surface area contributed by atoms with Gasteiger partial charge in [-0.15, -0.1) is 0 Å². The Morgan fingerprint density at radius 1 is 1.50 bits per heavy atom. The van der Waals surface area contributed by atoms with E-state index in [0.29, 0.717) is 0 Å². The molecular weight excluding hydrogens is 299 g/mol. The van der Waals surface area contributed by atoms with Crippen molar-refractivity contribution in [2.75, 3.05) is 11.9 Å². The number of hydrogen-bond acceptors (Lipinski definition) is 2. The van der Waals surface area contributed by atoms with E-state index in [1.807, 2.05) is 6.92 Å². The lowest BCUT2D eigenvalue weighted by Gasteiger charge is -2.33. The molecule has 1 atom stereocenters. The maximum absolute atomic E-state index is 13.6. The number of carbonyl (C=O) groups excluding carboxylic acids is 1. The first-order valence-electron chi connectivity index (χ1n) is 6.03. The molecular formula is C13H16BrFN2O. The molecule has 0 aromatic heterocycles. The number of amides is 1. The van der Waals surface area contributed by atoms with Crippen LogP contribution in [0.4, 0.5) is 10.1 Å². The third-order valence-electron chi connectivity index (χ3n) is 3.30. The van der Waals surface area contributed by atoms with Gasteiger partial charge in [0.25, 0.3) is 0 Å². The Labute approximate surface area is 114 Å². The fourth-order valence-corrected chi connectivity index (χ4v) is 2.46. The summed E-state index contributed by atoms with van der Waals surface area (Å²) < 4.78 is 14.3. The van der Waals surface area contributed by atoms with E-state index in [1.54, 1.807) is 12.1 Å². The van der Waals surface area contributed by atoms with E-state index in [-0.39, 0.29) is 11.6 Å². The zero-order chi connectivity index (χ0) is 13.2. The van der Waals surface area contributed by atoms with Crippen LogP contribution in [0.5, 0.6) is 0 Å². The zero-order valence-electron chi connectivity index (χ0n) is 10.2. The number of nitrogens with one attached hydrogen (secondary N) is 2. The lowest BCUT2D eigenvalue weighted by Crippen LogP contribution is -2.54. The second-order valence-corrected chi connectivity index (χ2v) is 5.71. The largest absolute Gasteiger partial charge is 0.322 e. The molecule has 1 aliphatic rings. The Bertz CT molecular complexity index is 458. The predicted octanol–water partition coefficient (Wildman–Crippen LogP) is 3.06. The van der Waals surface area contributed by atoms with Crippen LogP contribution in [0.1, 0.15) is 26.2 Å². The molecule has 0 spiro atoms. The fourth-order valence-electron chi connectivity index (χ4n) is 2.10. The maximum Gasteiger partial charge on any atom is 0.244 e. The molecule has 5 heteroatoms. The van der Waals surface area contributed by atoms with Gasteiger partial charge in [0.2, 0.25) is 5.91 Å². The van der Waals surface area contributed by atoms with E-state index < -0.39 is 11.4 Å². The maximum atomic E-state index is 13.6. The van der Waals surface area contributed by atoms with Crippen LogP contribution in [-0.2, 0) is 4.79 Å². The number of hydrogen-bond donors (Lipinski definition) is 2. The van der Waals surface area contributed by atoms with Crippen molar-refractivity contribution in [3.05, 3.63) is 28.5 Å². The molecule has 1 heterocycles. The topological polar surface area (TPSA) is 41.1 Å². The van der Waals surface area contributed by atoms with Crippen molar-refractivity contribution in [1.29, 1.82) is 0 Å². The summed E-state index contributed by atoms with van der Waals surface area (Å²) in [7, 11) is 0. The number of anilines is 1. The van der Waals surface area contributed by atoms with Gasteiger partial charge in [0.1, 0.15) is 5.82 Å². The molecule has 0 saturated carbocycles. The number of benzene rings is 1. The van der Waals surface area contributed by atoms with Gasteiger partial charge in [-0.2, -0.15) is 0 Å². The Morgan fingerprint density at radius 3 is 2.94 bits per heavy atom. The van der Waals surface area contributed by atoms with Crippen molar-refractivity contribution in [3.8, 4) is 0 Å². The van der Waals surface area contributed by atoms with Crippen LogP contribution in [0.2, 0.25) is 0 Å². The highest BCUT2D eigenvalue weighted by Crippen LogP contribution is 2.24. The SMILES string of the molecule is CC1(C(=O)Nc2cc(Br)ccc2F)CCCCN1. The van der Waals surface area contributed by atoms with E-state index in [1.165, 1.54) is 6.07 Å². The molecule has 3 nitrogen and oxygen atoms in total. The van der Waals surface area contributed by atoms with Crippen LogP contribution in [0.3, 0.4) is 0 Å². The Kier molecular flexibility index (Phi) is 4.02. The van der Waals surface area contributed by atoms with Gasteiger partial charge in [0.15, 0.2) is 0 Å². The average molecular weight is 315 g/mol. The van der Waals surface area contributed by atoms with E-state index in [9.17, 15) is 9.18 Å². The number of halogens is 2. The first-order chi connectivity index (χ1) is 8.51. The summed E-state index contributed by atoms with van der Waals surface area (Å²) in [6, 6.07) is 4.50. The number of carbonyl (C=O) groups is 1. The minimum atomic E-state index is -0.604. The van der Waals surface area contributed by atoms with E-state index in [2.05, 4.69) is 26.6 Å². The molecule has 0 aliphatic carbocycles. The first kappa shape index (κ1) is 13.5. The van der Waals surface area contributed by atoms with Crippen LogP contribution in [0, 0.1) is 5.82 Å². The molecule has 0 radical (unpaired) electrons. The van der Waals surface area contributed by atoms with Gasteiger partial charge >= 0.3 is 0 Å². The van der Waals surface area contributed by atoms with Gasteiger partial charge in [-0.05, 0) is 50.9 Å². The summed E-state index contributed by atoms with van der Waals surface area (Å²) in [4.78, 5) is 12.2. The smallest absolute Gasteiger partial charge is 0.244 e. The normalized spacial score (nSPS) is 23.7. The molecule has 1 unspecified atom stereocenters. The Morgan fingerprint density at radius 2 is 2.28 bits per heavy atom. The minimum Gasteiger partial charge on any atom is -0.322 e. The van der Waals surface area contributed by atoms with E-state index in [0.717, 1.165) is 30.3 Å². The van der Waals surface area contributed by atoms with Gasteiger partial charge in [-0.25, -0.2) is 4.39 Å². The molecule has 0 bridgehead atoms. The van der Waals surface area contributed by atoms with Crippen LogP contribution < -0.4 is 10.6 Å². The molecule has 1 aromatic carbocycles. The van der Waals surface area contributed by atoms with E-state index in [4.69, 9.17) is 0 Å². The average Bonchev–Trinajstić information content (AvgIpc) is 2.35. The number of rotatable bonds is 2. The van der Waals surface area contributed by atoms with Gasteiger partial charge in [-0.1, -0.05) is 15.9 Å². The lowest BCUT2D eigenvalue weighted by atomic mass is 9.90. The van der Waals surface area contributed by atoms with Crippen molar-refractivity contribution in [1.82, 2.24) is 5.32 Å². The molecule has 18 heavy (non-hydrogen) atoms. The number of piperidine rings is 1. The Balaban J connectivity index is 2.13. The predicted molar refractivity (Wildman–Crippen MR) is 73.0 cm³/mol. The van der Waals surface area contributed by atoms with Crippen molar-refractivity contribution in [3.63, 3.8) is 0 Å². The van der Waals surface area contributed by atoms with Crippen molar-refractivity contribution in [2.24, 2.45) is 0 Å². The van der Waals surface area contributed by atoms with Crippen LogP contribution in [-0.4, -0.2) is 18.0 Å². The monoisotopic (exact) mass is 314 g/mol. The molecule has 1 fully saturated rings. The second kappa shape index (κ2) is 5.36. The van der Waals surface area contributed by atoms with Gasteiger partial charge in [0.05, 0.1) is 11.2 Å². The fraction of sp³-hybridized carbons (Fsp3) is 0.462. The molecule has 1 saturated heterocycles. The second-order valence-electron chi connectivity index (χ2n) is 4.79. The lowest BCUT2D eigenvalue weighted by molar-refractivity contribution is -0.122. The standard InChI is InChI=1S/C13H16BrFN2O/c1-13(6-2-3-7-16-13)12(18)17-11-8-9(14)4-5-10(11)15/h4-5,8,16H,2-3,6-7H2,1H3,(H,17,18). The minimum absolute atomic E-state index is 0.181. The summed E-state index contributed by atoms with van der Waals surface area (Å²) in [5, 5.41) is 5.86. The van der Waals surface area contributed by atoms with Crippen LogP contribution >= 0.6 is 15.9 Å². The van der Waals surface area contributed by atoms with Crippen molar-refractivity contribution in [2.45, 2.75) is 31.7 Å². The first-order valence-corrected chi connectivity index (χ1v) is 6.82. The summed E-state index contributed by atoms with van der Waals surface area (Å²) in [6.45, 7) is 2.68. The Hall–Kier alpha value is -0.940. The summed E-state index contributed by atoms with van der Waals surface area (Å²) in [5.41, 5.74) is -0.393. The zero-order valence-corrected chi connectivity index (χ0v) is 11.8. The molecule has 2 N–H and O–H groups in total. The molecule has 1 aromatic rings. The molecule has 98 valence electrons. The van der Waals surface area contributed by atoms with Gasteiger partial charge < -0.3 is 10.6 Å². The molecule has 1 amide bonds. The quantitative estimate of drug-likeness (QED) is 0.881. The van der Waals surface area contributed by atoms with Gasteiger partial charge in [0, 0.05) is 4.47 Å². The highest BCUT2D eigenvalue weighted by Gasteiger charge is 2.34. The summed E-state index contributed by atoms with van der Waals surface area (Å²) >= 11 is 3.26. The third kappa shape index (κ3) is 2.90.